The Morgan fingerprint density at radius 2 is 2.04 bits per heavy atom. The Balaban J connectivity index is 1.78. The molecule has 1 saturated heterocycles. The predicted molar refractivity (Wildman–Crippen MR) is 90.5 cm³/mol. The zero-order valence-electron chi connectivity index (χ0n) is 13.3. The molecule has 4 nitrogen and oxygen atoms in total. The summed E-state index contributed by atoms with van der Waals surface area (Å²) in [6.45, 7) is 1.73. The van der Waals surface area contributed by atoms with E-state index in [1.54, 1.807) is 6.07 Å². The number of hydrogen-bond acceptors (Lipinski definition) is 4. The van der Waals surface area contributed by atoms with E-state index in [4.69, 9.17) is 4.98 Å². The lowest BCUT2D eigenvalue weighted by Gasteiger charge is -2.29. The molecule has 0 spiro atoms. The van der Waals surface area contributed by atoms with Gasteiger partial charge in [0, 0.05) is 30.0 Å². The van der Waals surface area contributed by atoms with Crippen molar-refractivity contribution in [3.8, 4) is 0 Å². The normalized spacial score (nSPS) is 21.2. The molecule has 1 aromatic heterocycles. The minimum atomic E-state index is -2.49. The zero-order valence-corrected chi connectivity index (χ0v) is 13.3. The van der Waals surface area contributed by atoms with Crippen LogP contribution >= 0.6 is 0 Å². The quantitative estimate of drug-likeness (QED) is 0.838. The first-order valence-corrected chi connectivity index (χ1v) is 8.42. The van der Waals surface area contributed by atoms with Crippen LogP contribution < -0.4 is 10.6 Å². The van der Waals surface area contributed by atoms with Crippen LogP contribution in [-0.2, 0) is 0 Å². The Morgan fingerprint density at radius 1 is 1.17 bits per heavy atom. The van der Waals surface area contributed by atoms with Crippen LogP contribution in [0.2, 0.25) is 0 Å². The number of aromatic nitrogens is 2. The molecule has 2 aliphatic rings. The van der Waals surface area contributed by atoms with Crippen LogP contribution in [0, 0.1) is 0 Å². The number of nitrogens with one attached hydrogen (secondary N) is 2. The van der Waals surface area contributed by atoms with E-state index >= 15 is 0 Å². The van der Waals surface area contributed by atoms with E-state index in [1.165, 1.54) is 12.1 Å². The number of benzene rings is 1. The molecule has 0 radical (unpaired) electrons. The number of anilines is 1. The van der Waals surface area contributed by atoms with Crippen LogP contribution in [0.3, 0.4) is 0 Å². The smallest absolute Gasteiger partial charge is 0.263 e. The van der Waals surface area contributed by atoms with Crippen molar-refractivity contribution in [1.29, 1.82) is 0 Å². The van der Waals surface area contributed by atoms with Gasteiger partial charge in [-0.05, 0) is 31.4 Å². The van der Waals surface area contributed by atoms with Gasteiger partial charge in [0.2, 0.25) is 0 Å². The molecule has 1 atom stereocenters. The van der Waals surface area contributed by atoms with Crippen molar-refractivity contribution in [1.82, 2.24) is 15.3 Å². The van der Waals surface area contributed by atoms with E-state index in [2.05, 4.69) is 27.8 Å². The lowest BCUT2D eigenvalue weighted by atomic mass is 9.93. The van der Waals surface area contributed by atoms with E-state index < -0.39 is 6.43 Å². The van der Waals surface area contributed by atoms with Crippen LogP contribution in [0.15, 0.2) is 30.4 Å². The average Bonchev–Trinajstić information content (AvgIpc) is 2.58. The minimum Gasteiger partial charge on any atom is -0.364 e. The van der Waals surface area contributed by atoms with Gasteiger partial charge >= 0.3 is 0 Å². The summed E-state index contributed by atoms with van der Waals surface area (Å²) in [7, 11) is 0. The fourth-order valence-electron chi connectivity index (χ4n) is 3.20. The first-order valence-electron chi connectivity index (χ1n) is 8.42. The molecule has 1 aliphatic heterocycles. The molecule has 0 saturated carbocycles. The second-order valence-electron chi connectivity index (χ2n) is 6.49. The zero-order chi connectivity index (χ0) is 16.5. The van der Waals surface area contributed by atoms with Crippen molar-refractivity contribution < 1.29 is 8.78 Å². The summed E-state index contributed by atoms with van der Waals surface area (Å²) < 4.78 is 26.1. The van der Waals surface area contributed by atoms with Crippen molar-refractivity contribution in [2.75, 3.05) is 18.4 Å². The van der Waals surface area contributed by atoms with Crippen molar-refractivity contribution in [3.63, 3.8) is 0 Å². The number of alkyl halides is 2. The second kappa shape index (κ2) is 6.43. The first-order chi connectivity index (χ1) is 11.7. The number of fused-ring (bicyclic) bond motifs is 1. The summed E-state index contributed by atoms with van der Waals surface area (Å²) in [4.78, 5) is 9.38. The van der Waals surface area contributed by atoms with Crippen molar-refractivity contribution in [3.05, 3.63) is 41.7 Å². The van der Waals surface area contributed by atoms with E-state index in [0.717, 1.165) is 43.7 Å². The van der Waals surface area contributed by atoms with E-state index in [1.807, 2.05) is 0 Å². The summed E-state index contributed by atoms with van der Waals surface area (Å²) in [5, 5.41) is 7.27. The largest absolute Gasteiger partial charge is 0.364 e. The van der Waals surface area contributed by atoms with Crippen molar-refractivity contribution >= 4 is 16.7 Å². The van der Waals surface area contributed by atoms with Gasteiger partial charge in [-0.3, -0.25) is 0 Å². The predicted octanol–water partition coefficient (Wildman–Crippen LogP) is 3.77. The van der Waals surface area contributed by atoms with Gasteiger partial charge in [-0.1, -0.05) is 18.2 Å². The Kier molecular flexibility index (Phi) is 4.14. The molecular weight excluding hydrogens is 310 g/mol. The molecule has 1 aliphatic carbocycles. The molecule has 1 fully saturated rings. The molecule has 2 N–H and O–H groups in total. The molecule has 1 unspecified atom stereocenters. The Labute approximate surface area is 139 Å². The van der Waals surface area contributed by atoms with E-state index in [9.17, 15) is 8.78 Å². The fourth-order valence-corrected chi connectivity index (χ4v) is 3.20. The maximum atomic E-state index is 13.1. The lowest BCUT2D eigenvalue weighted by molar-refractivity contribution is 0.151. The highest BCUT2D eigenvalue weighted by atomic mass is 19.3. The molecule has 1 aromatic carbocycles. The van der Waals surface area contributed by atoms with Gasteiger partial charge in [0.25, 0.3) is 6.43 Å². The third kappa shape index (κ3) is 2.98. The summed E-state index contributed by atoms with van der Waals surface area (Å²) in [6, 6.07) is 4.95. The van der Waals surface area contributed by atoms with Crippen LogP contribution in [-0.4, -0.2) is 29.1 Å². The van der Waals surface area contributed by atoms with Gasteiger partial charge < -0.3 is 10.6 Å². The molecule has 24 heavy (non-hydrogen) atoms. The third-order valence-corrected chi connectivity index (χ3v) is 4.75. The highest BCUT2D eigenvalue weighted by Crippen LogP contribution is 2.32. The van der Waals surface area contributed by atoms with Crippen LogP contribution in [0.4, 0.5) is 14.6 Å². The maximum Gasteiger partial charge on any atom is 0.263 e. The summed E-state index contributed by atoms with van der Waals surface area (Å²) in [5.74, 6) is 1.79. The van der Waals surface area contributed by atoms with Gasteiger partial charge in [-0.25, -0.2) is 18.7 Å². The van der Waals surface area contributed by atoms with Gasteiger partial charge in [-0.2, -0.15) is 0 Å². The van der Waals surface area contributed by atoms with Crippen molar-refractivity contribution in [2.24, 2.45) is 0 Å². The number of halogens is 2. The highest BCUT2D eigenvalue weighted by Gasteiger charge is 2.22. The molecular formula is C18H20F2N4. The molecule has 4 rings (SSSR count). The monoisotopic (exact) mass is 330 g/mol. The molecule has 0 amide bonds. The summed E-state index contributed by atoms with van der Waals surface area (Å²) in [6.07, 6.45) is 4.87. The Bertz CT molecular complexity index is 771. The topological polar surface area (TPSA) is 49.8 Å². The summed E-state index contributed by atoms with van der Waals surface area (Å²) in [5.41, 5.74) is 0.739. The molecule has 2 aromatic rings. The van der Waals surface area contributed by atoms with E-state index in [0.29, 0.717) is 17.1 Å². The number of hydrogen-bond donors (Lipinski definition) is 2. The Hall–Kier alpha value is -2.08. The lowest BCUT2D eigenvalue weighted by Crippen LogP contribution is -2.51. The average molecular weight is 330 g/mol. The van der Waals surface area contributed by atoms with E-state index in [-0.39, 0.29) is 11.6 Å². The van der Waals surface area contributed by atoms with Crippen LogP contribution in [0.5, 0.6) is 0 Å². The number of rotatable bonds is 4. The highest BCUT2D eigenvalue weighted by molar-refractivity contribution is 5.90. The molecule has 2 heterocycles. The number of nitrogens with zero attached hydrogens (tertiary/aromatic N) is 2. The standard InChI is InChI=1S/C18H20F2N4/c19-16(20)12-6-7-15-14(8-12)18(22-13-9-21-10-13)24-17(23-15)11-4-2-1-3-5-11/h1-2,6-8,11,13,16,21H,3-5,9-10H2,(H,22,23,24). The van der Waals surface area contributed by atoms with Gasteiger partial charge in [0.15, 0.2) is 0 Å². The first kappa shape index (κ1) is 15.4. The molecule has 6 heteroatoms. The van der Waals surface area contributed by atoms with Gasteiger partial charge in [0.05, 0.1) is 11.6 Å². The summed E-state index contributed by atoms with van der Waals surface area (Å²) >= 11 is 0. The Morgan fingerprint density at radius 3 is 2.71 bits per heavy atom. The minimum absolute atomic E-state index is 0.00855. The van der Waals surface area contributed by atoms with Gasteiger partial charge in [0.1, 0.15) is 11.6 Å². The number of allylic oxidation sites excluding steroid dienone is 2. The molecule has 0 bridgehead atoms. The van der Waals surface area contributed by atoms with Crippen molar-refractivity contribution in [2.45, 2.75) is 37.6 Å². The third-order valence-electron chi connectivity index (χ3n) is 4.75. The van der Waals surface area contributed by atoms with Gasteiger partial charge in [-0.15, -0.1) is 0 Å². The SMILES string of the molecule is FC(F)c1ccc2nc(C3CC=CCC3)nc(NC3CNC3)c2c1. The molecule has 126 valence electrons. The fraction of sp³-hybridized carbons (Fsp3) is 0.444. The van der Waals surface area contributed by atoms with Crippen LogP contribution in [0.25, 0.3) is 10.9 Å². The maximum absolute atomic E-state index is 13.1. The second-order valence-corrected chi connectivity index (χ2v) is 6.49. The van der Waals surface area contributed by atoms with Crippen LogP contribution in [0.1, 0.15) is 43.0 Å².